The monoisotopic (exact) mass is 570 g/mol. The van der Waals surface area contributed by atoms with E-state index in [2.05, 4.69) is 78.5 Å². The second kappa shape index (κ2) is 17.1. The number of amides is 2. The number of aromatic nitrogens is 1. The van der Waals surface area contributed by atoms with Gasteiger partial charge in [0.15, 0.2) is 0 Å². The molecule has 2 aromatic carbocycles. The maximum atomic E-state index is 12.9. The molecule has 1 aliphatic heterocycles. The second-order valence-electron chi connectivity index (χ2n) is 10.4. The average Bonchev–Trinajstić information content (AvgIpc) is 3.50. The molecule has 220 valence electrons. The summed E-state index contributed by atoms with van der Waals surface area (Å²) in [5, 5.41) is 3.79. The number of rotatable bonds is 10. The molecule has 2 heterocycles. The predicted molar refractivity (Wildman–Crippen MR) is 169 cm³/mol. The van der Waals surface area contributed by atoms with Crippen LogP contribution in [0.15, 0.2) is 54.6 Å². The minimum atomic E-state index is -0.480. The zero-order valence-electron chi connectivity index (χ0n) is 24.6. The molecule has 2 amide bonds. The summed E-state index contributed by atoms with van der Waals surface area (Å²) in [6, 6.07) is 18.3. The van der Waals surface area contributed by atoms with Crippen LogP contribution in [0.5, 0.6) is 0 Å². The molecule has 1 saturated heterocycles. The van der Waals surface area contributed by atoms with Crippen LogP contribution < -0.4 is 11.1 Å². The number of carbonyl (C=O) groups is 2. The van der Waals surface area contributed by atoms with Crippen molar-refractivity contribution in [2.45, 2.75) is 70.9 Å². The highest BCUT2D eigenvalue weighted by Gasteiger charge is 2.36. The fourth-order valence-electron chi connectivity index (χ4n) is 5.48. The van der Waals surface area contributed by atoms with Crippen LogP contribution in [-0.2, 0) is 16.6 Å². The Morgan fingerprint density at radius 2 is 1.88 bits per heavy atom. The molecule has 1 aromatic heterocycles. The fourth-order valence-corrected chi connectivity index (χ4v) is 5.48. The Bertz CT molecular complexity index is 1190. The van der Waals surface area contributed by atoms with Crippen LogP contribution in [0.2, 0.25) is 0 Å². The molecule has 4 atom stereocenters. The fraction of sp³-hybridized carbons (Fsp3) is 0.500. The average molecular weight is 571 g/mol. The molecule has 0 bridgehead atoms. The van der Waals surface area contributed by atoms with Gasteiger partial charge < -0.3 is 20.5 Å². The van der Waals surface area contributed by atoms with Crippen molar-refractivity contribution in [1.82, 2.24) is 9.47 Å². The van der Waals surface area contributed by atoms with Crippen LogP contribution >= 0.6 is 12.6 Å². The first-order valence-electron chi connectivity index (χ1n) is 14.2. The van der Waals surface area contributed by atoms with E-state index in [0.717, 1.165) is 43.3 Å². The molecule has 0 saturated carbocycles. The van der Waals surface area contributed by atoms with Crippen LogP contribution in [0.25, 0.3) is 10.9 Å². The predicted octanol–water partition coefficient (Wildman–Crippen LogP) is 6.49. The summed E-state index contributed by atoms with van der Waals surface area (Å²) in [5.74, 6) is 0.721. The minimum absolute atomic E-state index is 0.0359. The lowest BCUT2D eigenvalue weighted by atomic mass is 9.92. The van der Waals surface area contributed by atoms with Gasteiger partial charge in [-0.3, -0.25) is 9.59 Å². The number of nitrogens with one attached hydrogen (secondary N) is 1. The Hall–Kier alpha value is -2.84. The lowest BCUT2D eigenvalue weighted by molar-refractivity contribution is -0.136. The van der Waals surface area contributed by atoms with Crippen LogP contribution in [-0.4, -0.2) is 53.3 Å². The Morgan fingerprint density at radius 1 is 1.18 bits per heavy atom. The van der Waals surface area contributed by atoms with Gasteiger partial charge in [-0.2, -0.15) is 12.6 Å². The lowest BCUT2D eigenvalue weighted by Crippen LogP contribution is -2.39. The van der Waals surface area contributed by atoms with Gasteiger partial charge >= 0.3 is 0 Å². The van der Waals surface area contributed by atoms with Crippen molar-refractivity contribution in [2.24, 2.45) is 18.7 Å². The van der Waals surface area contributed by atoms with E-state index in [9.17, 15) is 14.0 Å². The van der Waals surface area contributed by atoms with Crippen molar-refractivity contribution < 1.29 is 14.0 Å². The highest BCUT2D eigenvalue weighted by Crippen LogP contribution is 2.35. The van der Waals surface area contributed by atoms with Gasteiger partial charge in [0, 0.05) is 59.8 Å². The molecule has 3 unspecified atom stereocenters. The van der Waals surface area contributed by atoms with Crippen LogP contribution in [0.1, 0.15) is 63.1 Å². The van der Waals surface area contributed by atoms with Crippen molar-refractivity contribution in [3.8, 4) is 0 Å². The Balaban J connectivity index is 0.000000296. The topological polar surface area (TPSA) is 80.4 Å². The number of anilines is 1. The molecular formula is C32H47FN4O2S. The van der Waals surface area contributed by atoms with E-state index in [1.165, 1.54) is 16.8 Å². The standard InChI is InChI=1S/C20H31FN2O.C11H12N2O.CH4S/c1-3-16(10-7-11-18(22)14-21)20(24)23-13-12-19(15(23)2)17-8-5-4-6-9-17;1-8-5-9-6-10(12-7-14)3-4-11(9)13(8)2;1-2/h4-6,8-9,15-16,18-19H,3,7,10-14,22H2,1-2H3;3-7H,1-2H3,(H,12,14);2H,1H3/t15?,16?,18?,19-;;/m0../s1. The number of fused-ring (bicyclic) bond motifs is 1. The van der Waals surface area contributed by atoms with E-state index in [-0.39, 0.29) is 23.9 Å². The number of carbonyl (C=O) groups excluding carboxylic acids is 2. The molecular weight excluding hydrogens is 523 g/mol. The summed E-state index contributed by atoms with van der Waals surface area (Å²) in [6.07, 6.45) is 6.53. The van der Waals surface area contributed by atoms with E-state index in [4.69, 9.17) is 5.73 Å². The van der Waals surface area contributed by atoms with Gasteiger partial charge in [0.1, 0.15) is 6.67 Å². The van der Waals surface area contributed by atoms with E-state index in [1.807, 2.05) is 31.3 Å². The Kier molecular flexibility index (Phi) is 14.2. The molecule has 8 heteroatoms. The first kappa shape index (κ1) is 33.4. The van der Waals surface area contributed by atoms with Gasteiger partial charge in [-0.15, -0.1) is 0 Å². The molecule has 0 radical (unpaired) electrons. The Morgan fingerprint density at radius 3 is 2.50 bits per heavy atom. The molecule has 40 heavy (non-hydrogen) atoms. The molecule has 6 nitrogen and oxygen atoms in total. The van der Waals surface area contributed by atoms with Gasteiger partial charge in [-0.1, -0.05) is 43.7 Å². The molecule has 3 N–H and O–H groups in total. The van der Waals surface area contributed by atoms with Crippen molar-refractivity contribution >= 4 is 41.5 Å². The molecule has 3 aromatic rings. The van der Waals surface area contributed by atoms with Gasteiger partial charge in [0.25, 0.3) is 0 Å². The van der Waals surface area contributed by atoms with Crippen LogP contribution in [0.4, 0.5) is 10.1 Å². The van der Waals surface area contributed by atoms with E-state index >= 15 is 0 Å². The third-order valence-corrected chi connectivity index (χ3v) is 7.94. The van der Waals surface area contributed by atoms with Crippen molar-refractivity contribution in [2.75, 3.05) is 24.8 Å². The summed E-state index contributed by atoms with van der Waals surface area (Å²) in [4.78, 5) is 25.3. The number of alkyl halides is 1. The molecule has 0 aliphatic carbocycles. The van der Waals surface area contributed by atoms with Gasteiger partial charge in [-0.25, -0.2) is 4.39 Å². The van der Waals surface area contributed by atoms with E-state index < -0.39 is 6.67 Å². The number of nitrogens with two attached hydrogens (primary N) is 1. The van der Waals surface area contributed by atoms with Crippen molar-refractivity contribution in [3.63, 3.8) is 0 Å². The van der Waals surface area contributed by atoms with Crippen LogP contribution in [0.3, 0.4) is 0 Å². The van der Waals surface area contributed by atoms with Crippen molar-refractivity contribution in [1.29, 1.82) is 0 Å². The summed E-state index contributed by atoms with van der Waals surface area (Å²) in [6.45, 7) is 6.64. The molecule has 0 spiro atoms. The number of thiol groups is 1. The molecule has 1 aliphatic rings. The number of halogens is 1. The summed E-state index contributed by atoms with van der Waals surface area (Å²) in [5.41, 5.74) is 10.2. The maximum absolute atomic E-state index is 12.9. The lowest BCUT2D eigenvalue weighted by Gasteiger charge is -2.29. The van der Waals surface area contributed by atoms with Gasteiger partial charge in [0.05, 0.1) is 0 Å². The highest BCUT2D eigenvalue weighted by atomic mass is 32.1. The summed E-state index contributed by atoms with van der Waals surface area (Å²) in [7, 11) is 2.03. The number of nitrogens with zero attached hydrogens (tertiary/aromatic N) is 2. The molecule has 4 rings (SSSR count). The van der Waals surface area contributed by atoms with Crippen LogP contribution in [0, 0.1) is 12.8 Å². The smallest absolute Gasteiger partial charge is 0.225 e. The van der Waals surface area contributed by atoms with Gasteiger partial charge in [0.2, 0.25) is 12.3 Å². The number of benzene rings is 2. The quantitative estimate of drug-likeness (QED) is 0.193. The zero-order valence-corrected chi connectivity index (χ0v) is 25.5. The zero-order chi connectivity index (χ0) is 29.7. The Labute approximate surface area is 244 Å². The van der Waals surface area contributed by atoms with E-state index in [1.54, 1.807) is 6.26 Å². The highest BCUT2D eigenvalue weighted by molar-refractivity contribution is 7.79. The maximum Gasteiger partial charge on any atom is 0.225 e. The summed E-state index contributed by atoms with van der Waals surface area (Å²) >= 11 is 3.53. The second-order valence-corrected chi connectivity index (χ2v) is 10.4. The third-order valence-electron chi connectivity index (χ3n) is 7.94. The minimum Gasteiger partial charge on any atom is -0.348 e. The largest absolute Gasteiger partial charge is 0.348 e. The van der Waals surface area contributed by atoms with Gasteiger partial charge in [-0.05, 0) is 75.6 Å². The number of hydrogen-bond acceptors (Lipinski definition) is 4. The third kappa shape index (κ3) is 8.83. The summed E-state index contributed by atoms with van der Waals surface area (Å²) < 4.78 is 14.6. The SMILES string of the molecule is CCC(CCCC(N)CF)C(=O)N1CC[C@H](c2ccccc2)C1C.CS.Cc1cc2cc(NC=O)ccc2n1C. The molecule has 1 fully saturated rings. The van der Waals surface area contributed by atoms with E-state index in [0.29, 0.717) is 18.7 Å². The first-order chi connectivity index (χ1) is 19.3. The first-order valence-corrected chi connectivity index (χ1v) is 15.1. The van der Waals surface area contributed by atoms with Crippen molar-refractivity contribution in [3.05, 3.63) is 65.9 Å². The number of hydrogen-bond donors (Lipinski definition) is 3. The number of likely N-dealkylation sites (tertiary alicyclic amines) is 1. The number of aryl methyl sites for hydroxylation is 2. The normalized spacial score (nSPS) is 17.8.